The van der Waals surface area contributed by atoms with Crippen LogP contribution in [0.4, 0.5) is 0 Å². The average Bonchev–Trinajstić information content (AvgIpc) is 2.19. The fraction of sp³-hybridized carbons (Fsp3) is 0.647. The summed E-state index contributed by atoms with van der Waals surface area (Å²) in [6.07, 6.45) is 1.65. The Kier molecular flexibility index (Phi) is 4.98. The second-order valence-electron chi connectivity index (χ2n) is 6.53. The fourth-order valence-electron chi connectivity index (χ4n) is 2.70. The quantitative estimate of drug-likeness (QED) is 0.808. The SMILES string of the molecule is Cc1ccc(C(O)(CC(C)C)CC(C)C)cc1C. The van der Waals surface area contributed by atoms with Gasteiger partial charge in [-0.05, 0) is 55.2 Å². The molecule has 0 spiro atoms. The summed E-state index contributed by atoms with van der Waals surface area (Å²) >= 11 is 0. The summed E-state index contributed by atoms with van der Waals surface area (Å²) < 4.78 is 0. The predicted octanol–water partition coefficient (Wildman–Crippen LogP) is 4.58. The number of hydrogen-bond donors (Lipinski definition) is 1. The van der Waals surface area contributed by atoms with Gasteiger partial charge in [0.1, 0.15) is 0 Å². The molecule has 1 nitrogen and oxygen atoms in total. The standard InChI is InChI=1S/C17H28O/c1-12(2)10-17(18,11-13(3)4)16-8-7-14(5)15(6)9-16/h7-9,12-13,18H,10-11H2,1-6H3. The summed E-state index contributed by atoms with van der Waals surface area (Å²) in [5.74, 6) is 0.991. The van der Waals surface area contributed by atoms with Gasteiger partial charge in [-0.1, -0.05) is 45.9 Å². The highest BCUT2D eigenvalue weighted by Crippen LogP contribution is 2.35. The van der Waals surface area contributed by atoms with E-state index in [2.05, 4.69) is 59.7 Å². The third-order valence-corrected chi connectivity index (χ3v) is 3.54. The van der Waals surface area contributed by atoms with Gasteiger partial charge in [0, 0.05) is 0 Å². The van der Waals surface area contributed by atoms with E-state index in [1.165, 1.54) is 11.1 Å². The molecule has 102 valence electrons. The molecule has 0 amide bonds. The lowest BCUT2D eigenvalue weighted by Crippen LogP contribution is -2.29. The van der Waals surface area contributed by atoms with Crippen LogP contribution in [0.5, 0.6) is 0 Å². The van der Waals surface area contributed by atoms with E-state index in [0.29, 0.717) is 11.8 Å². The van der Waals surface area contributed by atoms with E-state index in [-0.39, 0.29) is 0 Å². The monoisotopic (exact) mass is 248 g/mol. The van der Waals surface area contributed by atoms with Crippen molar-refractivity contribution in [2.45, 2.75) is 60.0 Å². The Balaban J connectivity index is 3.11. The van der Waals surface area contributed by atoms with Crippen molar-refractivity contribution in [2.75, 3.05) is 0 Å². The Morgan fingerprint density at radius 1 is 0.944 bits per heavy atom. The molecule has 1 aromatic rings. The second kappa shape index (κ2) is 5.88. The van der Waals surface area contributed by atoms with E-state index in [0.717, 1.165) is 18.4 Å². The van der Waals surface area contributed by atoms with Gasteiger partial charge in [-0.2, -0.15) is 0 Å². The summed E-state index contributed by atoms with van der Waals surface area (Å²) in [6, 6.07) is 6.36. The second-order valence-corrected chi connectivity index (χ2v) is 6.53. The molecule has 0 heterocycles. The molecule has 0 aromatic heterocycles. The number of hydrogen-bond acceptors (Lipinski definition) is 1. The maximum absolute atomic E-state index is 11.0. The molecule has 0 aliphatic rings. The lowest BCUT2D eigenvalue weighted by atomic mass is 9.79. The highest BCUT2D eigenvalue weighted by molar-refractivity contribution is 5.33. The summed E-state index contributed by atoms with van der Waals surface area (Å²) in [5.41, 5.74) is 2.95. The number of aryl methyl sites for hydroxylation is 2. The summed E-state index contributed by atoms with van der Waals surface area (Å²) in [6.45, 7) is 12.9. The van der Waals surface area contributed by atoms with Crippen LogP contribution in [-0.2, 0) is 5.60 Å². The zero-order valence-corrected chi connectivity index (χ0v) is 12.7. The third-order valence-electron chi connectivity index (χ3n) is 3.54. The first-order valence-corrected chi connectivity index (χ1v) is 7.04. The summed E-state index contributed by atoms with van der Waals surface area (Å²) in [7, 11) is 0. The zero-order valence-electron chi connectivity index (χ0n) is 12.7. The van der Waals surface area contributed by atoms with Crippen LogP contribution in [0.15, 0.2) is 18.2 Å². The van der Waals surface area contributed by atoms with Gasteiger partial charge in [-0.15, -0.1) is 0 Å². The van der Waals surface area contributed by atoms with Gasteiger partial charge in [0.05, 0.1) is 5.60 Å². The van der Waals surface area contributed by atoms with Crippen LogP contribution in [0.25, 0.3) is 0 Å². The normalized spacial score (nSPS) is 12.5. The van der Waals surface area contributed by atoms with Crippen molar-refractivity contribution in [1.82, 2.24) is 0 Å². The first-order valence-electron chi connectivity index (χ1n) is 7.04. The Hall–Kier alpha value is -0.820. The summed E-state index contributed by atoms with van der Waals surface area (Å²) in [5, 5.41) is 11.0. The average molecular weight is 248 g/mol. The first kappa shape index (κ1) is 15.2. The molecular formula is C17H28O. The maximum atomic E-state index is 11.0. The van der Waals surface area contributed by atoms with Gasteiger partial charge in [0.25, 0.3) is 0 Å². The smallest absolute Gasteiger partial charge is 0.0901 e. The van der Waals surface area contributed by atoms with E-state index >= 15 is 0 Å². The summed E-state index contributed by atoms with van der Waals surface area (Å²) in [4.78, 5) is 0. The minimum atomic E-state index is -0.680. The van der Waals surface area contributed by atoms with Gasteiger partial charge in [-0.3, -0.25) is 0 Å². The number of benzene rings is 1. The van der Waals surface area contributed by atoms with Gasteiger partial charge >= 0.3 is 0 Å². The van der Waals surface area contributed by atoms with Gasteiger partial charge in [0.15, 0.2) is 0 Å². The molecule has 0 radical (unpaired) electrons. The Morgan fingerprint density at radius 2 is 1.44 bits per heavy atom. The van der Waals surface area contributed by atoms with Crippen LogP contribution in [0, 0.1) is 25.7 Å². The van der Waals surface area contributed by atoms with Crippen LogP contribution in [0.2, 0.25) is 0 Å². The molecule has 0 saturated heterocycles. The highest BCUT2D eigenvalue weighted by atomic mass is 16.3. The Morgan fingerprint density at radius 3 is 1.83 bits per heavy atom. The van der Waals surface area contributed by atoms with Crippen LogP contribution in [-0.4, -0.2) is 5.11 Å². The molecule has 1 heteroatoms. The molecule has 1 N–H and O–H groups in total. The molecule has 18 heavy (non-hydrogen) atoms. The topological polar surface area (TPSA) is 20.2 Å². The minimum Gasteiger partial charge on any atom is -0.385 e. The molecule has 0 atom stereocenters. The largest absolute Gasteiger partial charge is 0.385 e. The molecule has 1 aromatic carbocycles. The molecular weight excluding hydrogens is 220 g/mol. The number of aliphatic hydroxyl groups is 1. The van der Waals surface area contributed by atoms with Crippen molar-refractivity contribution in [1.29, 1.82) is 0 Å². The first-order chi connectivity index (χ1) is 8.24. The molecule has 0 fully saturated rings. The van der Waals surface area contributed by atoms with E-state index in [4.69, 9.17) is 0 Å². The van der Waals surface area contributed by atoms with Crippen LogP contribution in [0.3, 0.4) is 0 Å². The van der Waals surface area contributed by atoms with Crippen molar-refractivity contribution < 1.29 is 5.11 Å². The minimum absolute atomic E-state index is 0.496. The maximum Gasteiger partial charge on any atom is 0.0901 e. The molecule has 0 saturated carbocycles. The van der Waals surface area contributed by atoms with Crippen molar-refractivity contribution in [3.05, 3.63) is 34.9 Å². The molecule has 0 aliphatic carbocycles. The van der Waals surface area contributed by atoms with Crippen molar-refractivity contribution in [3.63, 3.8) is 0 Å². The highest BCUT2D eigenvalue weighted by Gasteiger charge is 2.31. The van der Waals surface area contributed by atoms with E-state index in [9.17, 15) is 5.11 Å². The molecule has 0 aliphatic heterocycles. The van der Waals surface area contributed by atoms with Crippen molar-refractivity contribution in [3.8, 4) is 0 Å². The molecule has 1 rings (SSSR count). The van der Waals surface area contributed by atoms with Gasteiger partial charge in [0.2, 0.25) is 0 Å². The van der Waals surface area contributed by atoms with E-state index in [1.807, 2.05) is 0 Å². The van der Waals surface area contributed by atoms with E-state index < -0.39 is 5.60 Å². The van der Waals surface area contributed by atoms with Crippen LogP contribution >= 0.6 is 0 Å². The fourth-order valence-corrected chi connectivity index (χ4v) is 2.70. The third kappa shape index (κ3) is 3.84. The van der Waals surface area contributed by atoms with Crippen LogP contribution < -0.4 is 0 Å². The molecule has 0 unspecified atom stereocenters. The number of rotatable bonds is 5. The molecule has 0 bridgehead atoms. The van der Waals surface area contributed by atoms with E-state index in [1.54, 1.807) is 0 Å². The van der Waals surface area contributed by atoms with Crippen molar-refractivity contribution >= 4 is 0 Å². The Labute approximate surface area is 112 Å². The van der Waals surface area contributed by atoms with Gasteiger partial charge in [-0.25, -0.2) is 0 Å². The van der Waals surface area contributed by atoms with Crippen LogP contribution in [0.1, 0.15) is 57.2 Å². The zero-order chi connectivity index (χ0) is 13.9. The Bertz CT molecular complexity index is 381. The van der Waals surface area contributed by atoms with Crippen molar-refractivity contribution in [2.24, 2.45) is 11.8 Å². The lowest BCUT2D eigenvalue weighted by molar-refractivity contribution is -0.00455. The predicted molar refractivity (Wildman–Crippen MR) is 78.7 cm³/mol. The van der Waals surface area contributed by atoms with Gasteiger partial charge < -0.3 is 5.11 Å². The lowest BCUT2D eigenvalue weighted by Gasteiger charge is -2.32.